The molecule has 0 aliphatic rings. The normalized spacial score (nSPS) is 11.9. The van der Waals surface area contributed by atoms with Crippen LogP contribution in [0.4, 0.5) is 0 Å². The van der Waals surface area contributed by atoms with E-state index in [0.717, 1.165) is 16.1 Å². The molecule has 1 atom stereocenters. The van der Waals surface area contributed by atoms with E-state index in [2.05, 4.69) is 10.3 Å². The molecule has 110 valence electrons. The molecule has 0 fully saturated rings. The summed E-state index contributed by atoms with van der Waals surface area (Å²) in [7, 11) is 0. The number of benzene rings is 2. The summed E-state index contributed by atoms with van der Waals surface area (Å²) in [6, 6.07) is 19.7. The third kappa shape index (κ3) is 3.23. The summed E-state index contributed by atoms with van der Waals surface area (Å²) < 4.78 is 0. The molecule has 0 saturated heterocycles. The van der Waals surface area contributed by atoms with E-state index < -0.39 is 0 Å². The zero-order valence-electron chi connectivity index (χ0n) is 12.2. The highest BCUT2D eigenvalue weighted by molar-refractivity contribution is 7.13. The second-order valence-corrected chi connectivity index (χ2v) is 5.87. The zero-order chi connectivity index (χ0) is 15.4. The lowest BCUT2D eigenvalue weighted by molar-refractivity contribution is 0.0935. The minimum absolute atomic E-state index is 0.0458. The van der Waals surface area contributed by atoms with Gasteiger partial charge in [-0.15, -0.1) is 11.3 Å². The maximum Gasteiger partial charge on any atom is 0.271 e. The Bertz CT molecular complexity index is 753. The van der Waals surface area contributed by atoms with Gasteiger partial charge in [-0.1, -0.05) is 60.7 Å². The molecule has 22 heavy (non-hydrogen) atoms. The van der Waals surface area contributed by atoms with Crippen molar-refractivity contribution in [2.75, 3.05) is 0 Å². The molecule has 2 aromatic carbocycles. The predicted molar refractivity (Wildman–Crippen MR) is 89.9 cm³/mol. The van der Waals surface area contributed by atoms with Gasteiger partial charge < -0.3 is 5.32 Å². The van der Waals surface area contributed by atoms with E-state index in [0.29, 0.717) is 5.69 Å². The fraction of sp³-hybridized carbons (Fsp3) is 0.111. The average Bonchev–Trinajstić information content (AvgIpc) is 3.06. The molecule has 4 heteroatoms. The van der Waals surface area contributed by atoms with Crippen LogP contribution in [-0.4, -0.2) is 10.9 Å². The number of carbonyl (C=O) groups is 1. The van der Waals surface area contributed by atoms with Crippen molar-refractivity contribution in [1.29, 1.82) is 0 Å². The summed E-state index contributed by atoms with van der Waals surface area (Å²) in [6.07, 6.45) is 0. The summed E-state index contributed by atoms with van der Waals surface area (Å²) in [5.41, 5.74) is 2.57. The molecule has 0 bridgehead atoms. The number of hydrogen-bond acceptors (Lipinski definition) is 3. The minimum Gasteiger partial charge on any atom is -0.344 e. The number of carbonyl (C=O) groups excluding carboxylic acids is 1. The van der Waals surface area contributed by atoms with Gasteiger partial charge in [0.25, 0.3) is 5.91 Å². The Hall–Kier alpha value is -2.46. The van der Waals surface area contributed by atoms with Crippen LogP contribution in [0, 0.1) is 0 Å². The lowest BCUT2D eigenvalue weighted by Crippen LogP contribution is -2.26. The topological polar surface area (TPSA) is 42.0 Å². The largest absolute Gasteiger partial charge is 0.344 e. The third-order valence-electron chi connectivity index (χ3n) is 3.40. The first-order valence-corrected chi connectivity index (χ1v) is 7.99. The van der Waals surface area contributed by atoms with Crippen LogP contribution in [0.3, 0.4) is 0 Å². The van der Waals surface area contributed by atoms with Gasteiger partial charge in [-0.3, -0.25) is 4.79 Å². The molecule has 3 nitrogen and oxygen atoms in total. The van der Waals surface area contributed by atoms with Gasteiger partial charge >= 0.3 is 0 Å². The second-order valence-electron chi connectivity index (χ2n) is 5.01. The standard InChI is InChI=1S/C18H16N2OS/c1-13(14-8-4-2-5-9-14)19-17(21)16-12-22-18(20-16)15-10-6-3-7-11-15/h2-13H,1H3,(H,19,21). The van der Waals surface area contributed by atoms with Gasteiger partial charge in [0.15, 0.2) is 0 Å². The van der Waals surface area contributed by atoms with Gasteiger partial charge in [0.05, 0.1) is 6.04 Å². The van der Waals surface area contributed by atoms with Crippen molar-refractivity contribution < 1.29 is 4.79 Å². The molecule has 1 aromatic heterocycles. The summed E-state index contributed by atoms with van der Waals surface area (Å²) in [4.78, 5) is 16.7. The fourth-order valence-corrected chi connectivity index (χ4v) is 2.99. The molecular weight excluding hydrogens is 292 g/mol. The van der Waals surface area contributed by atoms with Gasteiger partial charge in [-0.25, -0.2) is 4.98 Å². The maximum absolute atomic E-state index is 12.3. The van der Waals surface area contributed by atoms with Crippen molar-refractivity contribution >= 4 is 17.2 Å². The van der Waals surface area contributed by atoms with E-state index >= 15 is 0 Å². The van der Waals surface area contributed by atoms with Crippen LogP contribution >= 0.6 is 11.3 Å². The van der Waals surface area contributed by atoms with Gasteiger partial charge in [-0.05, 0) is 12.5 Å². The van der Waals surface area contributed by atoms with Crippen molar-refractivity contribution in [3.8, 4) is 10.6 Å². The van der Waals surface area contributed by atoms with Gasteiger partial charge in [0.1, 0.15) is 10.7 Å². The molecule has 1 amide bonds. The lowest BCUT2D eigenvalue weighted by atomic mass is 10.1. The van der Waals surface area contributed by atoms with Crippen molar-refractivity contribution in [3.63, 3.8) is 0 Å². The maximum atomic E-state index is 12.3. The molecule has 0 saturated carbocycles. The van der Waals surface area contributed by atoms with Crippen LogP contribution < -0.4 is 5.32 Å². The Morgan fingerprint density at radius 3 is 2.36 bits per heavy atom. The Morgan fingerprint density at radius 2 is 1.68 bits per heavy atom. The SMILES string of the molecule is CC(NC(=O)c1csc(-c2ccccc2)n1)c1ccccc1. The number of thiazole rings is 1. The highest BCUT2D eigenvalue weighted by atomic mass is 32.1. The van der Waals surface area contributed by atoms with Gasteiger partial charge in [0, 0.05) is 10.9 Å². The molecule has 1 unspecified atom stereocenters. The van der Waals surface area contributed by atoms with Crippen molar-refractivity contribution in [1.82, 2.24) is 10.3 Å². The summed E-state index contributed by atoms with van der Waals surface area (Å²) in [5, 5.41) is 5.64. The van der Waals surface area contributed by atoms with Crippen molar-refractivity contribution in [2.24, 2.45) is 0 Å². The first-order valence-electron chi connectivity index (χ1n) is 7.11. The van der Waals surface area contributed by atoms with Crippen LogP contribution in [0.5, 0.6) is 0 Å². The lowest BCUT2D eigenvalue weighted by Gasteiger charge is -2.13. The van der Waals surface area contributed by atoms with E-state index in [9.17, 15) is 4.79 Å². The molecule has 0 radical (unpaired) electrons. The highest BCUT2D eigenvalue weighted by Crippen LogP contribution is 2.23. The van der Waals surface area contributed by atoms with E-state index in [-0.39, 0.29) is 11.9 Å². The quantitative estimate of drug-likeness (QED) is 0.780. The number of amides is 1. The van der Waals surface area contributed by atoms with E-state index in [4.69, 9.17) is 0 Å². The highest BCUT2D eigenvalue weighted by Gasteiger charge is 2.14. The van der Waals surface area contributed by atoms with E-state index in [1.165, 1.54) is 11.3 Å². The van der Waals surface area contributed by atoms with Crippen LogP contribution in [0.2, 0.25) is 0 Å². The number of aromatic nitrogens is 1. The fourth-order valence-electron chi connectivity index (χ4n) is 2.19. The Kier molecular flexibility index (Phi) is 4.30. The van der Waals surface area contributed by atoms with Crippen molar-refractivity contribution in [3.05, 3.63) is 77.3 Å². The predicted octanol–water partition coefficient (Wildman–Crippen LogP) is 4.30. The van der Waals surface area contributed by atoms with E-state index in [1.54, 1.807) is 5.38 Å². The van der Waals surface area contributed by atoms with Crippen LogP contribution in [0.15, 0.2) is 66.0 Å². The summed E-state index contributed by atoms with van der Waals surface area (Å²) in [5.74, 6) is -0.144. The first kappa shape index (κ1) is 14.5. The third-order valence-corrected chi connectivity index (χ3v) is 4.30. The number of nitrogens with zero attached hydrogens (tertiary/aromatic N) is 1. The Labute approximate surface area is 133 Å². The van der Waals surface area contributed by atoms with Crippen molar-refractivity contribution in [2.45, 2.75) is 13.0 Å². The molecule has 0 aliphatic heterocycles. The smallest absolute Gasteiger partial charge is 0.271 e. The molecule has 3 rings (SSSR count). The second kappa shape index (κ2) is 6.54. The van der Waals surface area contributed by atoms with Gasteiger partial charge in [-0.2, -0.15) is 0 Å². The first-order chi connectivity index (χ1) is 10.7. The Morgan fingerprint density at radius 1 is 1.05 bits per heavy atom. The van der Waals surface area contributed by atoms with E-state index in [1.807, 2.05) is 67.6 Å². The number of hydrogen-bond donors (Lipinski definition) is 1. The molecule has 3 aromatic rings. The molecule has 0 aliphatic carbocycles. The van der Waals surface area contributed by atoms with Crippen LogP contribution in [0.1, 0.15) is 29.0 Å². The summed E-state index contributed by atoms with van der Waals surface area (Å²) in [6.45, 7) is 1.97. The number of rotatable bonds is 4. The van der Waals surface area contributed by atoms with Crippen LogP contribution in [0.25, 0.3) is 10.6 Å². The van der Waals surface area contributed by atoms with Gasteiger partial charge in [0.2, 0.25) is 0 Å². The molecule has 1 N–H and O–H groups in total. The van der Waals surface area contributed by atoms with Crippen LogP contribution in [-0.2, 0) is 0 Å². The summed E-state index contributed by atoms with van der Waals surface area (Å²) >= 11 is 1.48. The zero-order valence-corrected chi connectivity index (χ0v) is 13.0. The monoisotopic (exact) mass is 308 g/mol. The molecule has 0 spiro atoms. The Balaban J connectivity index is 1.72. The minimum atomic E-state index is -0.144. The molecular formula is C18H16N2OS. The molecule has 1 heterocycles. The number of nitrogens with one attached hydrogen (secondary N) is 1. The average molecular weight is 308 g/mol.